The third-order valence-electron chi connectivity index (χ3n) is 2.00. The van der Waals surface area contributed by atoms with Crippen molar-refractivity contribution in [2.75, 3.05) is 6.54 Å². The molecule has 8 nitrogen and oxygen atoms in total. The Labute approximate surface area is 106 Å². The van der Waals surface area contributed by atoms with Crippen molar-refractivity contribution in [2.45, 2.75) is 38.8 Å². The molecular weight excluding hydrogens is 236 g/mol. The largest absolute Gasteiger partial charge is 0.440 e. The Morgan fingerprint density at radius 2 is 1.78 bits per heavy atom. The van der Waals surface area contributed by atoms with Gasteiger partial charge in [0.1, 0.15) is 0 Å². The molecule has 0 saturated heterocycles. The van der Waals surface area contributed by atoms with Gasteiger partial charge in [-0.1, -0.05) is 6.42 Å². The molecule has 1 atom stereocenters. The molecule has 104 valence electrons. The van der Waals surface area contributed by atoms with Crippen LogP contribution in [0.15, 0.2) is 9.98 Å². The predicted molar refractivity (Wildman–Crippen MR) is 70.5 cm³/mol. The van der Waals surface area contributed by atoms with Crippen molar-refractivity contribution in [3.8, 4) is 0 Å². The second-order valence-corrected chi connectivity index (χ2v) is 3.77. The van der Waals surface area contributed by atoms with Gasteiger partial charge in [0.2, 0.25) is 0 Å². The fraction of sp³-hybridized carbons (Fsp3) is 0.700. The van der Waals surface area contributed by atoms with Crippen LogP contribution in [0.5, 0.6) is 0 Å². The van der Waals surface area contributed by atoms with E-state index in [0.717, 1.165) is 19.3 Å². The highest BCUT2D eigenvalue weighted by Crippen LogP contribution is 2.08. The molecule has 0 aromatic heterocycles. The van der Waals surface area contributed by atoms with E-state index < -0.39 is 12.2 Å². The minimum atomic E-state index is -0.615. The van der Waals surface area contributed by atoms with Gasteiger partial charge >= 0.3 is 5.97 Å². The Hall–Kier alpha value is -1.99. The summed E-state index contributed by atoms with van der Waals surface area (Å²) in [7, 11) is 0. The van der Waals surface area contributed by atoms with Gasteiger partial charge < -0.3 is 27.7 Å². The zero-order valence-electron chi connectivity index (χ0n) is 10.6. The molecule has 0 heterocycles. The lowest BCUT2D eigenvalue weighted by Crippen LogP contribution is -2.27. The van der Waals surface area contributed by atoms with Crippen LogP contribution in [0.25, 0.3) is 0 Å². The summed E-state index contributed by atoms with van der Waals surface area (Å²) in [6.45, 7) is 1.90. The van der Waals surface area contributed by atoms with Crippen LogP contribution in [0.4, 0.5) is 0 Å². The van der Waals surface area contributed by atoms with E-state index in [2.05, 4.69) is 9.98 Å². The number of esters is 1. The fourth-order valence-electron chi connectivity index (χ4n) is 1.32. The molecule has 0 aromatic rings. The normalized spacial score (nSPS) is 11.4. The zero-order chi connectivity index (χ0) is 14.0. The molecule has 0 aliphatic rings. The van der Waals surface area contributed by atoms with Gasteiger partial charge in [0.15, 0.2) is 18.1 Å². The number of guanidine groups is 2. The van der Waals surface area contributed by atoms with Gasteiger partial charge in [-0.15, -0.1) is 0 Å². The topological polar surface area (TPSA) is 155 Å². The van der Waals surface area contributed by atoms with Crippen LogP contribution in [0, 0.1) is 0 Å². The third-order valence-corrected chi connectivity index (χ3v) is 2.00. The molecule has 8 N–H and O–H groups in total. The SMILES string of the molecule is CC(=O)OC(CCCCCN=C(N)N)N=C(N)N. The molecule has 0 amide bonds. The van der Waals surface area contributed by atoms with E-state index in [-0.39, 0.29) is 11.9 Å². The summed E-state index contributed by atoms with van der Waals surface area (Å²) in [5, 5.41) is 0. The van der Waals surface area contributed by atoms with Crippen molar-refractivity contribution in [3.63, 3.8) is 0 Å². The zero-order valence-corrected chi connectivity index (χ0v) is 10.6. The molecule has 0 radical (unpaired) electrons. The molecule has 8 heteroatoms. The van der Waals surface area contributed by atoms with Crippen molar-refractivity contribution >= 4 is 17.9 Å². The number of nitrogens with two attached hydrogens (primary N) is 4. The third kappa shape index (κ3) is 10.5. The van der Waals surface area contributed by atoms with E-state index in [9.17, 15) is 4.79 Å². The maximum Gasteiger partial charge on any atom is 0.304 e. The second kappa shape index (κ2) is 9.08. The minimum absolute atomic E-state index is 0.0910. The van der Waals surface area contributed by atoms with E-state index >= 15 is 0 Å². The molecule has 0 aromatic carbocycles. The molecular formula is C10H22N6O2. The number of aliphatic imine (C=N–C) groups is 2. The number of rotatable bonds is 8. The fourth-order valence-corrected chi connectivity index (χ4v) is 1.32. The average Bonchev–Trinajstić information content (AvgIpc) is 2.20. The van der Waals surface area contributed by atoms with Gasteiger partial charge in [0.25, 0.3) is 0 Å². The van der Waals surface area contributed by atoms with Crippen LogP contribution >= 0.6 is 0 Å². The summed E-state index contributed by atoms with van der Waals surface area (Å²) in [4.78, 5) is 18.5. The van der Waals surface area contributed by atoms with Gasteiger partial charge in [0.05, 0.1) is 0 Å². The standard InChI is InChI=1S/C10H22N6O2/c1-7(17)18-8(16-10(13)14)5-3-2-4-6-15-9(11)12/h8H,2-6H2,1H3,(H4,11,12,15)(H4,13,14,16). The first-order valence-corrected chi connectivity index (χ1v) is 5.73. The van der Waals surface area contributed by atoms with Crippen LogP contribution in [-0.2, 0) is 9.53 Å². The number of hydrogen-bond donors (Lipinski definition) is 4. The Balaban J connectivity index is 3.86. The maximum atomic E-state index is 10.8. The second-order valence-electron chi connectivity index (χ2n) is 3.77. The number of carbonyl (C=O) groups excluding carboxylic acids is 1. The number of unbranched alkanes of at least 4 members (excludes halogenated alkanes) is 2. The highest BCUT2D eigenvalue weighted by atomic mass is 16.6. The quantitative estimate of drug-likeness (QED) is 0.189. The van der Waals surface area contributed by atoms with Gasteiger partial charge in [-0.25, -0.2) is 4.99 Å². The minimum Gasteiger partial charge on any atom is -0.440 e. The van der Waals surface area contributed by atoms with E-state index in [0.29, 0.717) is 13.0 Å². The van der Waals surface area contributed by atoms with E-state index in [1.807, 2.05) is 0 Å². The summed E-state index contributed by atoms with van der Waals surface area (Å²) in [5.74, 6) is -0.416. The first-order chi connectivity index (χ1) is 8.41. The van der Waals surface area contributed by atoms with Crippen molar-refractivity contribution in [1.29, 1.82) is 0 Å². The van der Waals surface area contributed by atoms with Gasteiger partial charge in [-0.2, -0.15) is 0 Å². The molecule has 0 bridgehead atoms. The van der Waals surface area contributed by atoms with E-state index in [1.165, 1.54) is 6.92 Å². The molecule has 0 aliphatic carbocycles. The van der Waals surface area contributed by atoms with Gasteiger partial charge in [0, 0.05) is 19.9 Å². The van der Waals surface area contributed by atoms with Crippen LogP contribution in [0.3, 0.4) is 0 Å². The average molecular weight is 258 g/mol. The highest BCUT2D eigenvalue weighted by Gasteiger charge is 2.09. The Morgan fingerprint density at radius 1 is 1.11 bits per heavy atom. The van der Waals surface area contributed by atoms with E-state index in [1.54, 1.807) is 0 Å². The monoisotopic (exact) mass is 258 g/mol. The lowest BCUT2D eigenvalue weighted by molar-refractivity contribution is -0.146. The summed E-state index contributed by atoms with van der Waals surface area (Å²) in [6, 6.07) is 0. The predicted octanol–water partition coefficient (Wildman–Crippen LogP) is -1.02. The van der Waals surface area contributed by atoms with Crippen molar-refractivity contribution in [3.05, 3.63) is 0 Å². The number of nitrogens with zero attached hydrogens (tertiary/aromatic N) is 2. The molecule has 0 rings (SSSR count). The van der Waals surface area contributed by atoms with Crippen molar-refractivity contribution < 1.29 is 9.53 Å². The van der Waals surface area contributed by atoms with Gasteiger partial charge in [-0.3, -0.25) is 9.79 Å². The van der Waals surface area contributed by atoms with Crippen LogP contribution in [-0.4, -0.2) is 30.7 Å². The number of ether oxygens (including phenoxy) is 1. The molecule has 18 heavy (non-hydrogen) atoms. The molecule has 0 fully saturated rings. The Kier molecular flexibility index (Phi) is 8.08. The maximum absolute atomic E-state index is 10.8. The molecule has 0 aliphatic heterocycles. The highest BCUT2D eigenvalue weighted by molar-refractivity contribution is 5.76. The smallest absolute Gasteiger partial charge is 0.304 e. The summed E-state index contributed by atoms with van der Waals surface area (Å²) in [5.41, 5.74) is 20.9. The molecule has 1 unspecified atom stereocenters. The lowest BCUT2D eigenvalue weighted by Gasteiger charge is -2.12. The Bertz CT molecular complexity index is 307. The van der Waals surface area contributed by atoms with Crippen molar-refractivity contribution in [1.82, 2.24) is 0 Å². The molecule has 0 saturated carbocycles. The van der Waals surface area contributed by atoms with E-state index in [4.69, 9.17) is 27.7 Å². The molecule has 0 spiro atoms. The summed E-state index contributed by atoms with van der Waals surface area (Å²) >= 11 is 0. The first-order valence-electron chi connectivity index (χ1n) is 5.73. The summed E-state index contributed by atoms with van der Waals surface area (Å²) in [6.07, 6.45) is 2.52. The van der Waals surface area contributed by atoms with Gasteiger partial charge in [-0.05, 0) is 12.8 Å². The lowest BCUT2D eigenvalue weighted by atomic mass is 10.2. The van der Waals surface area contributed by atoms with Crippen LogP contribution in [0.1, 0.15) is 32.6 Å². The van der Waals surface area contributed by atoms with Crippen molar-refractivity contribution in [2.24, 2.45) is 32.9 Å². The summed E-state index contributed by atoms with van der Waals surface area (Å²) < 4.78 is 4.95. The number of carbonyl (C=O) groups is 1. The van der Waals surface area contributed by atoms with Crippen LogP contribution in [0.2, 0.25) is 0 Å². The first kappa shape index (κ1) is 16.0. The number of hydrogen-bond acceptors (Lipinski definition) is 4. The van der Waals surface area contributed by atoms with Crippen LogP contribution < -0.4 is 22.9 Å². The Morgan fingerprint density at radius 3 is 2.28 bits per heavy atom.